The lowest BCUT2D eigenvalue weighted by molar-refractivity contribution is -0.121. The molecule has 1 aromatic carbocycles. The molecule has 7 heteroatoms. The minimum absolute atomic E-state index is 0.150. The number of hydrogen-bond acceptors (Lipinski definition) is 5. The summed E-state index contributed by atoms with van der Waals surface area (Å²) in [6.07, 6.45) is 3.78. The highest BCUT2D eigenvalue weighted by molar-refractivity contribution is 5.76. The molecule has 0 radical (unpaired) electrons. The number of amides is 1. The van der Waals surface area contributed by atoms with Crippen LogP contribution in [0.25, 0.3) is 11.5 Å². The number of nitrogens with one attached hydrogen (secondary N) is 1. The Hall–Kier alpha value is -3.09. The second-order valence-corrected chi connectivity index (χ2v) is 5.10. The lowest BCUT2D eigenvalue weighted by atomic mass is 10.2. The van der Waals surface area contributed by atoms with E-state index in [1.165, 1.54) is 6.07 Å². The molecule has 0 fully saturated rings. The maximum absolute atomic E-state index is 13.5. The van der Waals surface area contributed by atoms with Crippen LogP contribution in [0.5, 0.6) is 0 Å². The quantitative estimate of drug-likeness (QED) is 0.753. The van der Waals surface area contributed by atoms with E-state index in [1.54, 1.807) is 42.7 Å². The number of rotatable bonds is 6. The molecule has 0 aliphatic carbocycles. The van der Waals surface area contributed by atoms with Crippen LogP contribution < -0.4 is 5.32 Å². The second-order valence-electron chi connectivity index (χ2n) is 5.10. The molecule has 0 aliphatic rings. The summed E-state index contributed by atoms with van der Waals surface area (Å²) in [6.45, 7) is 0.150. The van der Waals surface area contributed by atoms with Gasteiger partial charge in [0.15, 0.2) is 0 Å². The van der Waals surface area contributed by atoms with E-state index in [-0.39, 0.29) is 24.7 Å². The number of nitrogens with zero attached hydrogens (tertiary/aromatic N) is 3. The fraction of sp³-hybridized carbons (Fsp3) is 0.176. The molecule has 0 spiro atoms. The van der Waals surface area contributed by atoms with Crippen molar-refractivity contribution in [1.29, 1.82) is 0 Å². The van der Waals surface area contributed by atoms with E-state index in [1.807, 2.05) is 0 Å². The number of aromatic nitrogens is 3. The topological polar surface area (TPSA) is 80.9 Å². The second kappa shape index (κ2) is 7.45. The summed E-state index contributed by atoms with van der Waals surface area (Å²) in [4.78, 5) is 15.8. The predicted molar refractivity (Wildman–Crippen MR) is 84.1 cm³/mol. The molecule has 0 bridgehead atoms. The number of carbonyl (C=O) groups excluding carboxylic acids is 1. The van der Waals surface area contributed by atoms with Gasteiger partial charge in [0, 0.05) is 42.9 Å². The molecule has 0 saturated carbocycles. The molecule has 0 saturated heterocycles. The van der Waals surface area contributed by atoms with Gasteiger partial charge in [0.1, 0.15) is 5.82 Å². The molecule has 3 rings (SSSR count). The van der Waals surface area contributed by atoms with Gasteiger partial charge in [-0.3, -0.25) is 9.78 Å². The summed E-state index contributed by atoms with van der Waals surface area (Å²) in [6, 6.07) is 9.85. The number of carbonyl (C=O) groups is 1. The smallest absolute Gasteiger partial charge is 0.247 e. The monoisotopic (exact) mass is 326 g/mol. The molecule has 1 N–H and O–H groups in total. The van der Waals surface area contributed by atoms with Gasteiger partial charge < -0.3 is 9.73 Å². The van der Waals surface area contributed by atoms with Crippen LogP contribution in [-0.4, -0.2) is 21.1 Å². The first kappa shape index (κ1) is 15.8. The Bertz CT molecular complexity index is 820. The molecule has 24 heavy (non-hydrogen) atoms. The fourth-order valence-electron chi connectivity index (χ4n) is 2.11. The number of aryl methyl sites for hydroxylation is 1. The summed E-state index contributed by atoms with van der Waals surface area (Å²) < 4.78 is 19.0. The van der Waals surface area contributed by atoms with Gasteiger partial charge in [-0.2, -0.15) is 0 Å². The van der Waals surface area contributed by atoms with Crippen LogP contribution in [0, 0.1) is 5.82 Å². The van der Waals surface area contributed by atoms with E-state index in [2.05, 4.69) is 20.5 Å². The van der Waals surface area contributed by atoms with E-state index in [0.29, 0.717) is 23.8 Å². The van der Waals surface area contributed by atoms with E-state index in [0.717, 1.165) is 5.56 Å². The summed E-state index contributed by atoms with van der Waals surface area (Å²) in [7, 11) is 0. The van der Waals surface area contributed by atoms with E-state index in [9.17, 15) is 9.18 Å². The van der Waals surface area contributed by atoms with Crippen molar-refractivity contribution < 1.29 is 13.6 Å². The fourth-order valence-corrected chi connectivity index (χ4v) is 2.11. The number of hydrogen-bond donors (Lipinski definition) is 1. The normalized spacial score (nSPS) is 10.5. The average Bonchev–Trinajstić information content (AvgIpc) is 3.09. The molecule has 0 atom stereocenters. The number of pyridine rings is 1. The zero-order valence-corrected chi connectivity index (χ0v) is 12.8. The summed E-state index contributed by atoms with van der Waals surface area (Å²) in [5, 5.41) is 10.5. The Morgan fingerprint density at radius 2 is 1.92 bits per heavy atom. The largest absolute Gasteiger partial charge is 0.421 e. The van der Waals surface area contributed by atoms with Crippen LogP contribution in [-0.2, 0) is 17.8 Å². The van der Waals surface area contributed by atoms with Gasteiger partial charge in [-0.15, -0.1) is 10.2 Å². The van der Waals surface area contributed by atoms with Gasteiger partial charge >= 0.3 is 0 Å². The maximum atomic E-state index is 13.5. The minimum atomic E-state index is -0.336. The molecule has 0 aliphatic heterocycles. The molecule has 2 aromatic heterocycles. The summed E-state index contributed by atoms with van der Waals surface area (Å²) in [5.41, 5.74) is 1.22. The van der Waals surface area contributed by atoms with Crippen molar-refractivity contribution in [3.63, 3.8) is 0 Å². The molecule has 122 valence electrons. The van der Waals surface area contributed by atoms with Crippen molar-refractivity contribution in [2.45, 2.75) is 19.4 Å². The molecule has 6 nitrogen and oxygen atoms in total. The number of halogens is 1. The van der Waals surface area contributed by atoms with E-state index < -0.39 is 0 Å². The van der Waals surface area contributed by atoms with Crippen LogP contribution in [0.1, 0.15) is 17.9 Å². The van der Waals surface area contributed by atoms with Crippen LogP contribution in [0.4, 0.5) is 4.39 Å². The highest BCUT2D eigenvalue weighted by atomic mass is 19.1. The first-order chi connectivity index (χ1) is 11.7. The lowest BCUT2D eigenvalue weighted by Gasteiger charge is -2.05. The van der Waals surface area contributed by atoms with Gasteiger partial charge in [-0.25, -0.2) is 4.39 Å². The lowest BCUT2D eigenvalue weighted by Crippen LogP contribution is -2.23. The highest BCUT2D eigenvalue weighted by Gasteiger charge is 2.11. The van der Waals surface area contributed by atoms with Gasteiger partial charge in [0.25, 0.3) is 0 Å². The third kappa shape index (κ3) is 4.01. The summed E-state index contributed by atoms with van der Waals surface area (Å²) >= 11 is 0. The first-order valence-electron chi connectivity index (χ1n) is 7.45. The highest BCUT2D eigenvalue weighted by Crippen LogP contribution is 2.16. The van der Waals surface area contributed by atoms with E-state index in [4.69, 9.17) is 4.42 Å². The molecular formula is C17H15FN4O2. The number of benzene rings is 1. The Kier molecular flexibility index (Phi) is 4.90. The molecular weight excluding hydrogens is 311 g/mol. The minimum Gasteiger partial charge on any atom is -0.421 e. The zero-order valence-electron chi connectivity index (χ0n) is 12.8. The third-order valence-corrected chi connectivity index (χ3v) is 3.39. The van der Waals surface area contributed by atoms with Gasteiger partial charge in [-0.1, -0.05) is 18.2 Å². The summed E-state index contributed by atoms with van der Waals surface area (Å²) in [5.74, 6) is 0.223. The SMILES string of the molecule is O=C(CCc1nnc(-c2ccncc2)o1)NCc1ccccc1F. The van der Waals surface area contributed by atoms with E-state index >= 15 is 0 Å². The van der Waals surface area contributed by atoms with Crippen molar-refractivity contribution in [2.24, 2.45) is 0 Å². The third-order valence-electron chi connectivity index (χ3n) is 3.39. The van der Waals surface area contributed by atoms with Crippen molar-refractivity contribution in [3.05, 3.63) is 66.1 Å². The van der Waals surface area contributed by atoms with Gasteiger partial charge in [-0.05, 0) is 18.2 Å². The van der Waals surface area contributed by atoms with Crippen LogP contribution in [0.3, 0.4) is 0 Å². The standard InChI is InChI=1S/C17H15FN4O2/c18-14-4-2-1-3-13(14)11-20-15(23)5-6-16-21-22-17(24-16)12-7-9-19-10-8-12/h1-4,7-10H,5-6,11H2,(H,20,23). The first-order valence-corrected chi connectivity index (χ1v) is 7.45. The Balaban J connectivity index is 1.50. The van der Waals surface area contributed by atoms with Gasteiger partial charge in [0.2, 0.25) is 17.7 Å². The van der Waals surface area contributed by atoms with Gasteiger partial charge in [0.05, 0.1) is 0 Å². The van der Waals surface area contributed by atoms with Crippen LogP contribution >= 0.6 is 0 Å². The van der Waals surface area contributed by atoms with Crippen molar-refractivity contribution in [1.82, 2.24) is 20.5 Å². The molecule has 2 heterocycles. The Labute approximate surface area is 137 Å². The van der Waals surface area contributed by atoms with Crippen molar-refractivity contribution in [2.75, 3.05) is 0 Å². The molecule has 3 aromatic rings. The van der Waals surface area contributed by atoms with Crippen LogP contribution in [0.15, 0.2) is 53.2 Å². The zero-order chi connectivity index (χ0) is 16.8. The Morgan fingerprint density at radius 1 is 1.12 bits per heavy atom. The maximum Gasteiger partial charge on any atom is 0.247 e. The van der Waals surface area contributed by atoms with Crippen molar-refractivity contribution in [3.8, 4) is 11.5 Å². The van der Waals surface area contributed by atoms with Crippen molar-refractivity contribution >= 4 is 5.91 Å². The molecule has 1 amide bonds. The average molecular weight is 326 g/mol. The Morgan fingerprint density at radius 3 is 2.71 bits per heavy atom. The predicted octanol–water partition coefficient (Wildman–Crippen LogP) is 2.52. The molecule has 0 unspecified atom stereocenters. The van der Waals surface area contributed by atoms with Crippen LogP contribution in [0.2, 0.25) is 0 Å².